The summed E-state index contributed by atoms with van der Waals surface area (Å²) in [4.78, 5) is 21.0. The molecule has 0 N–H and O–H groups in total. The molecule has 2 aliphatic heterocycles. The molecule has 1 unspecified atom stereocenters. The van der Waals surface area contributed by atoms with E-state index in [1.54, 1.807) is 0 Å². The summed E-state index contributed by atoms with van der Waals surface area (Å²) < 4.78 is 5.92. The second kappa shape index (κ2) is 8.28. The van der Waals surface area contributed by atoms with Gasteiger partial charge in [0.05, 0.1) is 24.4 Å². The van der Waals surface area contributed by atoms with E-state index in [2.05, 4.69) is 23.9 Å². The van der Waals surface area contributed by atoms with E-state index in [4.69, 9.17) is 4.74 Å². The van der Waals surface area contributed by atoms with Crippen molar-refractivity contribution in [2.75, 3.05) is 33.3 Å². The third kappa shape index (κ3) is 4.39. The van der Waals surface area contributed by atoms with Gasteiger partial charge in [0.25, 0.3) is 0 Å². The molecule has 5 nitrogen and oxygen atoms in total. The zero-order chi connectivity index (χ0) is 17.7. The molecule has 0 bridgehead atoms. The van der Waals surface area contributed by atoms with Crippen LogP contribution < -0.4 is 0 Å². The summed E-state index contributed by atoms with van der Waals surface area (Å²) in [6.45, 7) is 6.38. The lowest BCUT2D eigenvalue weighted by molar-refractivity contribution is -0.151. The van der Waals surface area contributed by atoms with Gasteiger partial charge in [-0.15, -0.1) is 0 Å². The van der Waals surface area contributed by atoms with Crippen LogP contribution in [0.25, 0.3) is 0 Å². The maximum Gasteiger partial charge on any atom is 0.222 e. The van der Waals surface area contributed by atoms with Gasteiger partial charge >= 0.3 is 0 Å². The van der Waals surface area contributed by atoms with E-state index in [0.717, 1.165) is 51.2 Å². The Morgan fingerprint density at radius 3 is 2.96 bits per heavy atom. The van der Waals surface area contributed by atoms with Crippen LogP contribution in [-0.4, -0.2) is 59.5 Å². The highest BCUT2D eigenvalue weighted by molar-refractivity contribution is 5.77. The molecule has 0 aliphatic carbocycles. The van der Waals surface area contributed by atoms with Gasteiger partial charge in [0.1, 0.15) is 0 Å². The van der Waals surface area contributed by atoms with E-state index in [1.165, 1.54) is 6.42 Å². The Morgan fingerprint density at radius 2 is 2.24 bits per heavy atom. The number of hydrogen-bond donors (Lipinski definition) is 0. The van der Waals surface area contributed by atoms with Crippen molar-refractivity contribution in [2.45, 2.75) is 51.2 Å². The van der Waals surface area contributed by atoms with Gasteiger partial charge in [-0.2, -0.15) is 0 Å². The number of rotatable bonds is 7. The normalized spacial score (nSPS) is 22.8. The Bertz CT molecular complexity index is 557. The molecule has 25 heavy (non-hydrogen) atoms. The predicted octanol–water partition coefficient (Wildman–Crippen LogP) is 2.71. The summed E-state index contributed by atoms with van der Waals surface area (Å²) in [5.74, 6) is 0.905. The van der Waals surface area contributed by atoms with Gasteiger partial charge in [-0.1, -0.05) is 19.4 Å². The topological polar surface area (TPSA) is 45.7 Å². The van der Waals surface area contributed by atoms with E-state index in [9.17, 15) is 4.79 Å². The van der Waals surface area contributed by atoms with Crippen LogP contribution in [0.15, 0.2) is 24.4 Å². The highest BCUT2D eigenvalue weighted by Gasteiger charge is 2.50. The first-order chi connectivity index (χ1) is 12.1. The number of piperidine rings is 1. The summed E-state index contributed by atoms with van der Waals surface area (Å²) >= 11 is 0. The predicted molar refractivity (Wildman–Crippen MR) is 98.1 cm³/mol. The van der Waals surface area contributed by atoms with Crippen LogP contribution >= 0.6 is 0 Å². The molecular formula is C20H31N3O2. The number of hydrogen-bond acceptors (Lipinski definition) is 4. The number of likely N-dealkylation sites (N-methyl/N-ethyl adjacent to an activating group) is 1. The van der Waals surface area contributed by atoms with Crippen molar-refractivity contribution in [3.63, 3.8) is 0 Å². The first-order valence-corrected chi connectivity index (χ1v) is 9.59. The zero-order valence-corrected chi connectivity index (χ0v) is 15.6. The van der Waals surface area contributed by atoms with Gasteiger partial charge in [0, 0.05) is 25.7 Å². The maximum atomic E-state index is 12.2. The molecular weight excluding hydrogens is 314 g/mol. The SMILES string of the molecule is CCCCC(=O)N1CC2(CC(COCc3ccccn3)CCN2C)C1. The lowest BCUT2D eigenvalue weighted by atomic mass is 9.75. The highest BCUT2D eigenvalue weighted by atomic mass is 16.5. The molecule has 3 rings (SSSR count). The molecule has 0 saturated carbocycles. The average molecular weight is 345 g/mol. The number of aromatic nitrogens is 1. The van der Waals surface area contributed by atoms with E-state index < -0.39 is 0 Å². The number of unbranched alkanes of at least 4 members (excludes halogenated alkanes) is 1. The fourth-order valence-electron chi connectivity index (χ4n) is 4.06. The molecule has 3 heterocycles. The van der Waals surface area contributed by atoms with Crippen LogP contribution in [0.2, 0.25) is 0 Å². The Morgan fingerprint density at radius 1 is 1.40 bits per heavy atom. The van der Waals surface area contributed by atoms with Gasteiger partial charge in [0.2, 0.25) is 5.91 Å². The molecule has 2 fully saturated rings. The van der Waals surface area contributed by atoms with Gasteiger partial charge in [0.15, 0.2) is 0 Å². The van der Waals surface area contributed by atoms with Gasteiger partial charge in [-0.05, 0) is 50.9 Å². The van der Waals surface area contributed by atoms with Gasteiger partial charge < -0.3 is 9.64 Å². The van der Waals surface area contributed by atoms with E-state index in [-0.39, 0.29) is 5.54 Å². The van der Waals surface area contributed by atoms with Gasteiger partial charge in [-0.25, -0.2) is 0 Å². The van der Waals surface area contributed by atoms with Crippen LogP contribution in [0.3, 0.4) is 0 Å². The first-order valence-electron chi connectivity index (χ1n) is 9.59. The largest absolute Gasteiger partial charge is 0.375 e. The number of amides is 1. The fraction of sp³-hybridized carbons (Fsp3) is 0.700. The van der Waals surface area contributed by atoms with Gasteiger partial charge in [-0.3, -0.25) is 14.7 Å². The molecule has 1 atom stereocenters. The minimum Gasteiger partial charge on any atom is -0.375 e. The minimum absolute atomic E-state index is 0.180. The van der Waals surface area contributed by atoms with Crippen LogP contribution in [0.1, 0.15) is 44.7 Å². The first kappa shape index (κ1) is 18.3. The number of ether oxygens (including phenoxy) is 1. The van der Waals surface area contributed by atoms with E-state index in [0.29, 0.717) is 24.9 Å². The fourth-order valence-corrected chi connectivity index (χ4v) is 4.06. The Balaban J connectivity index is 1.45. The smallest absolute Gasteiger partial charge is 0.222 e. The van der Waals surface area contributed by atoms with E-state index >= 15 is 0 Å². The van der Waals surface area contributed by atoms with Crippen LogP contribution in [0.4, 0.5) is 0 Å². The second-order valence-corrected chi connectivity index (χ2v) is 7.69. The van der Waals surface area contributed by atoms with Crippen molar-refractivity contribution >= 4 is 5.91 Å². The molecule has 1 aromatic rings. The lowest BCUT2D eigenvalue weighted by Gasteiger charge is -2.58. The molecule has 1 aromatic heterocycles. The summed E-state index contributed by atoms with van der Waals surface area (Å²) in [7, 11) is 2.21. The standard InChI is InChI=1S/C20H31N3O2/c1-3-4-8-19(24)23-15-20(16-23)12-17(9-11-22(20)2)13-25-14-18-7-5-6-10-21-18/h5-7,10,17H,3-4,8-9,11-16H2,1-2H3. The van der Waals surface area contributed by atoms with Crippen molar-refractivity contribution in [3.05, 3.63) is 30.1 Å². The summed E-state index contributed by atoms with van der Waals surface area (Å²) in [6.07, 6.45) is 6.89. The average Bonchev–Trinajstić information content (AvgIpc) is 2.60. The van der Waals surface area contributed by atoms with Crippen molar-refractivity contribution in [3.8, 4) is 0 Å². The van der Waals surface area contributed by atoms with E-state index in [1.807, 2.05) is 29.3 Å². The molecule has 2 saturated heterocycles. The van der Waals surface area contributed by atoms with Crippen molar-refractivity contribution in [1.29, 1.82) is 0 Å². The summed E-state index contributed by atoms with van der Waals surface area (Å²) in [6, 6.07) is 5.92. The zero-order valence-electron chi connectivity index (χ0n) is 15.6. The van der Waals surface area contributed by atoms with Crippen molar-refractivity contribution in [2.24, 2.45) is 5.92 Å². The second-order valence-electron chi connectivity index (χ2n) is 7.69. The lowest BCUT2D eigenvalue weighted by Crippen LogP contribution is -2.72. The molecule has 0 aromatic carbocycles. The number of carbonyl (C=O) groups is 1. The quantitative estimate of drug-likeness (QED) is 0.762. The number of pyridine rings is 1. The molecule has 138 valence electrons. The molecule has 2 aliphatic rings. The highest BCUT2D eigenvalue weighted by Crippen LogP contribution is 2.38. The number of likely N-dealkylation sites (tertiary alicyclic amines) is 2. The summed E-state index contributed by atoms with van der Waals surface area (Å²) in [5, 5.41) is 0. The van der Waals surface area contributed by atoms with Crippen LogP contribution in [0.5, 0.6) is 0 Å². The Kier molecular flexibility index (Phi) is 6.07. The van der Waals surface area contributed by atoms with Crippen molar-refractivity contribution in [1.82, 2.24) is 14.8 Å². The third-order valence-corrected chi connectivity index (χ3v) is 5.75. The summed E-state index contributed by atoms with van der Waals surface area (Å²) in [5.41, 5.74) is 1.17. The Hall–Kier alpha value is -1.46. The number of carbonyl (C=O) groups excluding carboxylic acids is 1. The Labute approximate surface area is 151 Å². The molecule has 1 spiro atoms. The monoisotopic (exact) mass is 345 g/mol. The number of nitrogens with zero attached hydrogens (tertiary/aromatic N) is 3. The maximum absolute atomic E-state index is 12.2. The van der Waals surface area contributed by atoms with Crippen molar-refractivity contribution < 1.29 is 9.53 Å². The third-order valence-electron chi connectivity index (χ3n) is 5.75. The molecule has 5 heteroatoms. The van der Waals surface area contributed by atoms with Crippen LogP contribution in [-0.2, 0) is 16.1 Å². The molecule has 1 amide bonds. The van der Waals surface area contributed by atoms with Crippen LogP contribution in [0, 0.1) is 5.92 Å². The minimum atomic E-state index is 0.180. The molecule has 0 radical (unpaired) electrons.